The van der Waals surface area contributed by atoms with Crippen LogP contribution in [0.2, 0.25) is 42.3 Å². The van der Waals surface area contributed by atoms with Crippen molar-refractivity contribution in [1.82, 2.24) is 14.5 Å². The van der Waals surface area contributed by atoms with E-state index in [1.807, 2.05) is 12.1 Å². The number of aryl methyl sites for hydroxylation is 1. The Morgan fingerprint density at radius 2 is 1.54 bits per heavy atom. The molecule has 6 nitrogen and oxygen atoms in total. The normalized spacial score (nSPS) is 12.7. The summed E-state index contributed by atoms with van der Waals surface area (Å²) in [6, 6.07) is 11.4. The molecule has 0 unspecified atom stereocenters. The smallest absolute Gasteiger partial charge is 0.200 e. The molecule has 9 heteroatoms. The Bertz CT molecular complexity index is 1230. The van der Waals surface area contributed by atoms with Gasteiger partial charge in [0.05, 0.1) is 11.4 Å². The molecule has 0 atom stereocenters. The average Bonchev–Trinajstić information content (AvgIpc) is 3.24. The second kappa shape index (κ2) is 14.2. The topological polar surface area (TPSA) is 75.2 Å². The van der Waals surface area contributed by atoms with Crippen LogP contribution in [-0.4, -0.2) is 44.1 Å². The number of aromatic nitrogens is 3. The molecule has 0 saturated heterocycles. The number of nitrogen functional groups attached to an aromatic ring is 1. The summed E-state index contributed by atoms with van der Waals surface area (Å²) >= 11 is 0. The maximum atomic E-state index is 13.9. The van der Waals surface area contributed by atoms with Crippen LogP contribution in [0.15, 0.2) is 42.6 Å². The van der Waals surface area contributed by atoms with E-state index in [1.165, 1.54) is 12.1 Å². The fourth-order valence-electron chi connectivity index (χ4n) is 6.04. The Kier molecular flexibility index (Phi) is 11.5. The number of ether oxygens (including phenoxy) is 1. The first-order valence-electron chi connectivity index (χ1n) is 15.0. The van der Waals surface area contributed by atoms with Crippen molar-refractivity contribution in [1.29, 1.82) is 0 Å². The van der Waals surface area contributed by atoms with Gasteiger partial charge in [-0.2, -0.15) is 0 Å². The van der Waals surface area contributed by atoms with Crippen LogP contribution in [0.1, 0.15) is 53.8 Å². The molecule has 0 fully saturated rings. The van der Waals surface area contributed by atoms with E-state index in [0.29, 0.717) is 42.4 Å². The third-order valence-electron chi connectivity index (χ3n) is 8.04. The zero-order chi connectivity index (χ0) is 30.4. The average molecular weight is 599 g/mol. The molecule has 0 amide bonds. The van der Waals surface area contributed by atoms with Crippen LogP contribution in [0, 0.1) is 5.82 Å². The SMILES string of the molecule is CC(C)[Si](OCCCc1nc(-c2ccc(F)cc2)c(-c2ccnc(N)c2)n1COCC[Si](C)(C)C)(C(C)C)C(C)C. The van der Waals surface area contributed by atoms with Gasteiger partial charge in [0.1, 0.15) is 24.2 Å². The fraction of sp³-hybridized carbons (Fsp3) is 0.562. The van der Waals surface area contributed by atoms with Crippen molar-refractivity contribution in [3.05, 3.63) is 54.2 Å². The lowest BCUT2D eigenvalue weighted by atomic mass is 10.1. The summed E-state index contributed by atoms with van der Waals surface area (Å²) in [4.78, 5) is 9.35. The number of benzene rings is 1. The molecule has 0 radical (unpaired) electrons. The van der Waals surface area contributed by atoms with Crippen LogP contribution in [0.5, 0.6) is 0 Å². The van der Waals surface area contributed by atoms with Crippen molar-refractivity contribution < 1.29 is 13.6 Å². The van der Waals surface area contributed by atoms with Gasteiger partial charge in [0.15, 0.2) is 8.32 Å². The van der Waals surface area contributed by atoms with E-state index in [4.69, 9.17) is 19.9 Å². The molecule has 2 aromatic heterocycles. The van der Waals surface area contributed by atoms with Gasteiger partial charge in [-0.1, -0.05) is 61.2 Å². The first-order valence-corrected chi connectivity index (χ1v) is 20.9. The van der Waals surface area contributed by atoms with Crippen molar-refractivity contribution in [3.8, 4) is 22.5 Å². The Hall–Kier alpha value is -2.34. The van der Waals surface area contributed by atoms with Crippen LogP contribution < -0.4 is 5.73 Å². The highest BCUT2D eigenvalue weighted by Crippen LogP contribution is 2.42. The molecule has 3 aromatic rings. The van der Waals surface area contributed by atoms with Crippen molar-refractivity contribution >= 4 is 22.2 Å². The molecule has 2 N–H and O–H groups in total. The molecule has 1 aromatic carbocycles. The van der Waals surface area contributed by atoms with E-state index < -0.39 is 16.4 Å². The van der Waals surface area contributed by atoms with Crippen LogP contribution in [0.4, 0.5) is 10.2 Å². The number of pyridine rings is 1. The Balaban J connectivity index is 1.99. The minimum atomic E-state index is -1.95. The second-order valence-corrected chi connectivity index (χ2v) is 24.3. The molecular formula is C32H51FN4O2Si2. The summed E-state index contributed by atoms with van der Waals surface area (Å²) in [7, 11) is -3.19. The Morgan fingerprint density at radius 3 is 2.10 bits per heavy atom. The molecule has 0 aliphatic heterocycles. The standard InChI is InChI=1S/C32H51FN4O2Si2/c1-23(2)41(24(3)4,25(5)6)39-18-10-11-30-36-31(26-12-14-28(33)15-13-26)32(27-16-17-35-29(34)21-27)37(30)22-38-19-20-40(7,8)9/h12-17,21,23-25H,10-11,18-20,22H2,1-9H3,(H2,34,35). The summed E-state index contributed by atoms with van der Waals surface area (Å²) in [6.07, 6.45) is 3.31. The summed E-state index contributed by atoms with van der Waals surface area (Å²) in [5.41, 5.74) is 11.2. The second-order valence-electron chi connectivity index (χ2n) is 13.2. The van der Waals surface area contributed by atoms with Gasteiger partial charge in [0.2, 0.25) is 0 Å². The summed E-state index contributed by atoms with van der Waals surface area (Å²) < 4.78 is 29.2. The first-order chi connectivity index (χ1) is 19.3. The fourth-order valence-corrected chi connectivity index (χ4v) is 12.3. The highest BCUT2D eigenvalue weighted by Gasteiger charge is 2.44. The molecule has 226 valence electrons. The van der Waals surface area contributed by atoms with E-state index in [-0.39, 0.29) is 5.82 Å². The van der Waals surface area contributed by atoms with Gasteiger partial charge in [0, 0.05) is 45.0 Å². The van der Waals surface area contributed by atoms with Crippen molar-refractivity contribution in [2.45, 2.75) is 103 Å². The minimum absolute atomic E-state index is 0.275. The maximum Gasteiger partial charge on any atom is 0.200 e. The van der Waals surface area contributed by atoms with Crippen molar-refractivity contribution in [2.75, 3.05) is 18.9 Å². The van der Waals surface area contributed by atoms with Gasteiger partial charge < -0.3 is 19.5 Å². The van der Waals surface area contributed by atoms with Crippen LogP contribution in [0.25, 0.3) is 22.5 Å². The minimum Gasteiger partial charge on any atom is -0.416 e. The predicted molar refractivity (Wildman–Crippen MR) is 175 cm³/mol. The maximum absolute atomic E-state index is 13.9. The molecule has 0 aliphatic rings. The van der Waals surface area contributed by atoms with E-state index in [0.717, 1.165) is 47.2 Å². The quantitative estimate of drug-likeness (QED) is 0.140. The lowest BCUT2D eigenvalue weighted by Gasteiger charge is -2.42. The molecular weight excluding hydrogens is 548 g/mol. The highest BCUT2D eigenvalue weighted by molar-refractivity contribution is 6.77. The third kappa shape index (κ3) is 8.37. The number of rotatable bonds is 15. The van der Waals surface area contributed by atoms with Gasteiger partial charge in [-0.25, -0.2) is 14.4 Å². The first kappa shape index (κ1) is 33.2. The lowest BCUT2D eigenvalue weighted by Crippen LogP contribution is -2.48. The van der Waals surface area contributed by atoms with Gasteiger partial charge in [-0.05, 0) is 65.5 Å². The van der Waals surface area contributed by atoms with Gasteiger partial charge in [-0.3, -0.25) is 0 Å². The summed E-state index contributed by atoms with van der Waals surface area (Å²) in [6.45, 7) is 22.8. The monoisotopic (exact) mass is 598 g/mol. The Morgan fingerprint density at radius 1 is 0.902 bits per heavy atom. The zero-order valence-electron chi connectivity index (χ0n) is 26.6. The van der Waals surface area contributed by atoms with E-state index in [2.05, 4.69) is 70.7 Å². The third-order valence-corrected chi connectivity index (χ3v) is 15.9. The molecule has 0 saturated carbocycles. The van der Waals surface area contributed by atoms with Crippen molar-refractivity contribution in [3.63, 3.8) is 0 Å². The number of nitrogens with two attached hydrogens (primary N) is 1. The van der Waals surface area contributed by atoms with Gasteiger partial charge in [-0.15, -0.1) is 0 Å². The number of imidazole rings is 1. The van der Waals surface area contributed by atoms with Gasteiger partial charge in [0.25, 0.3) is 0 Å². The van der Waals surface area contributed by atoms with Gasteiger partial charge >= 0.3 is 0 Å². The largest absolute Gasteiger partial charge is 0.416 e. The molecule has 2 heterocycles. The van der Waals surface area contributed by atoms with Crippen LogP contribution in [0.3, 0.4) is 0 Å². The number of anilines is 1. The zero-order valence-corrected chi connectivity index (χ0v) is 28.6. The van der Waals surface area contributed by atoms with Crippen LogP contribution in [-0.2, 0) is 22.3 Å². The molecule has 3 rings (SSSR count). The van der Waals surface area contributed by atoms with Crippen molar-refractivity contribution in [2.24, 2.45) is 0 Å². The number of halogens is 1. The number of nitrogens with zero attached hydrogens (tertiary/aromatic N) is 3. The molecule has 0 spiro atoms. The van der Waals surface area contributed by atoms with Crippen LogP contribution >= 0.6 is 0 Å². The molecule has 41 heavy (non-hydrogen) atoms. The summed E-state index contributed by atoms with van der Waals surface area (Å²) in [5, 5.41) is 0. The van der Waals surface area contributed by atoms with E-state index in [9.17, 15) is 4.39 Å². The number of hydrogen-bond acceptors (Lipinski definition) is 5. The lowest BCUT2D eigenvalue weighted by molar-refractivity contribution is 0.0860. The predicted octanol–water partition coefficient (Wildman–Crippen LogP) is 8.77. The number of hydrogen-bond donors (Lipinski definition) is 1. The molecule has 0 bridgehead atoms. The summed E-state index contributed by atoms with van der Waals surface area (Å²) in [5.74, 6) is 1.09. The van der Waals surface area contributed by atoms with E-state index >= 15 is 0 Å². The highest BCUT2D eigenvalue weighted by atomic mass is 28.4. The van der Waals surface area contributed by atoms with E-state index in [1.54, 1.807) is 18.3 Å². The molecule has 0 aliphatic carbocycles. The Labute approximate surface area is 249 Å².